The summed E-state index contributed by atoms with van der Waals surface area (Å²) in [6, 6.07) is 6.86. The highest BCUT2D eigenvalue weighted by atomic mass is 16.5. The van der Waals surface area contributed by atoms with Crippen molar-refractivity contribution in [2.75, 3.05) is 40.9 Å². The number of pyridine rings is 2. The van der Waals surface area contributed by atoms with Gasteiger partial charge in [-0.2, -0.15) is 4.98 Å². The van der Waals surface area contributed by atoms with Crippen molar-refractivity contribution in [1.29, 1.82) is 0 Å². The number of aryl methyl sites for hydroxylation is 1. The van der Waals surface area contributed by atoms with Crippen LogP contribution < -0.4 is 14.7 Å². The Labute approximate surface area is 193 Å². The minimum Gasteiger partial charge on any atom is -0.472 e. The highest BCUT2D eigenvalue weighted by Crippen LogP contribution is 2.40. The Morgan fingerprint density at radius 2 is 1.67 bits per heavy atom. The molecule has 8 heteroatoms. The molecule has 0 saturated carbocycles. The summed E-state index contributed by atoms with van der Waals surface area (Å²) < 4.78 is 12.2. The van der Waals surface area contributed by atoms with Gasteiger partial charge >= 0.3 is 0 Å². The van der Waals surface area contributed by atoms with Gasteiger partial charge in [0.1, 0.15) is 6.26 Å². The summed E-state index contributed by atoms with van der Waals surface area (Å²) in [6.45, 7) is 5.97. The molecular formula is C25H30N6O2. The minimum absolute atomic E-state index is 0.287. The lowest BCUT2D eigenvalue weighted by atomic mass is 10.1. The Hall–Kier alpha value is -3.29. The largest absolute Gasteiger partial charge is 0.472 e. The number of rotatable bonds is 4. The fraction of sp³-hybridized carbons (Fsp3) is 0.480. The van der Waals surface area contributed by atoms with E-state index < -0.39 is 0 Å². The van der Waals surface area contributed by atoms with Crippen molar-refractivity contribution < 1.29 is 9.15 Å². The maximum atomic E-state index is 6.24. The lowest BCUT2D eigenvalue weighted by Crippen LogP contribution is -2.32. The van der Waals surface area contributed by atoms with Gasteiger partial charge in [0.25, 0.3) is 6.01 Å². The van der Waals surface area contributed by atoms with Crippen LogP contribution in [0.15, 0.2) is 41.3 Å². The molecule has 0 N–H and O–H groups in total. The number of anilines is 3. The Morgan fingerprint density at radius 1 is 0.909 bits per heavy atom. The molecule has 2 saturated heterocycles. The Morgan fingerprint density at radius 3 is 2.39 bits per heavy atom. The first-order valence-corrected chi connectivity index (χ1v) is 12.1. The molecule has 0 radical (unpaired) electrons. The zero-order chi connectivity index (χ0) is 22.2. The molecule has 0 aromatic carbocycles. The van der Waals surface area contributed by atoms with E-state index in [-0.39, 0.29) is 6.23 Å². The normalized spacial score (nSPS) is 21.1. The van der Waals surface area contributed by atoms with Gasteiger partial charge < -0.3 is 23.9 Å². The van der Waals surface area contributed by atoms with Crippen molar-refractivity contribution in [3.05, 3.63) is 48.1 Å². The molecule has 0 aliphatic carbocycles. The quantitative estimate of drug-likeness (QED) is 0.560. The average Bonchev–Trinajstić information content (AvgIpc) is 3.52. The van der Waals surface area contributed by atoms with Crippen molar-refractivity contribution in [2.45, 2.75) is 51.7 Å². The fourth-order valence-corrected chi connectivity index (χ4v) is 4.97. The van der Waals surface area contributed by atoms with Gasteiger partial charge in [-0.3, -0.25) is 4.98 Å². The van der Waals surface area contributed by atoms with Gasteiger partial charge in [-0.05, 0) is 51.5 Å². The maximum absolute atomic E-state index is 6.24. The molecule has 1 unspecified atom stereocenters. The number of hydrogen-bond donors (Lipinski definition) is 0. The molecule has 3 aliphatic rings. The van der Waals surface area contributed by atoms with Gasteiger partial charge in [0.2, 0.25) is 11.9 Å². The average molecular weight is 447 g/mol. The van der Waals surface area contributed by atoms with Crippen LogP contribution in [0.1, 0.15) is 56.0 Å². The molecule has 0 spiro atoms. The molecular weight excluding hydrogens is 416 g/mol. The SMILES string of the molecule is Cc1ccc(C2OC=CN2c2cc3oc(N4CCCCC4)nc3nc2N2CCCCC2)cn1. The molecule has 1 atom stereocenters. The molecule has 3 aromatic rings. The van der Waals surface area contributed by atoms with E-state index in [1.807, 2.05) is 25.4 Å². The van der Waals surface area contributed by atoms with Gasteiger partial charge in [0, 0.05) is 55.9 Å². The van der Waals surface area contributed by atoms with E-state index in [0.29, 0.717) is 17.2 Å². The van der Waals surface area contributed by atoms with E-state index in [4.69, 9.17) is 19.1 Å². The van der Waals surface area contributed by atoms with Crippen LogP contribution in [0.5, 0.6) is 0 Å². The van der Waals surface area contributed by atoms with Gasteiger partial charge in [-0.25, -0.2) is 4.98 Å². The maximum Gasteiger partial charge on any atom is 0.299 e. The number of ether oxygens (including phenoxy) is 1. The lowest BCUT2D eigenvalue weighted by molar-refractivity contribution is 0.174. The van der Waals surface area contributed by atoms with Crippen LogP contribution in [0, 0.1) is 6.92 Å². The van der Waals surface area contributed by atoms with Crippen LogP contribution in [0.3, 0.4) is 0 Å². The molecule has 0 amide bonds. The van der Waals surface area contributed by atoms with Crippen molar-refractivity contribution in [1.82, 2.24) is 15.0 Å². The highest BCUT2D eigenvalue weighted by Gasteiger charge is 2.30. The molecule has 33 heavy (non-hydrogen) atoms. The second-order valence-corrected chi connectivity index (χ2v) is 9.16. The van der Waals surface area contributed by atoms with E-state index in [2.05, 4.69) is 31.8 Å². The molecule has 6 heterocycles. The highest BCUT2D eigenvalue weighted by molar-refractivity contribution is 5.83. The van der Waals surface area contributed by atoms with Crippen molar-refractivity contribution in [2.24, 2.45) is 0 Å². The predicted molar refractivity (Wildman–Crippen MR) is 128 cm³/mol. The number of hydrogen-bond acceptors (Lipinski definition) is 8. The molecule has 3 aromatic heterocycles. The van der Waals surface area contributed by atoms with Crippen molar-refractivity contribution >= 4 is 28.8 Å². The summed E-state index contributed by atoms with van der Waals surface area (Å²) in [5.41, 5.74) is 4.36. The van der Waals surface area contributed by atoms with Crippen LogP contribution in [0.25, 0.3) is 11.2 Å². The summed E-state index contributed by atoms with van der Waals surface area (Å²) in [6.07, 6.45) is 12.6. The monoisotopic (exact) mass is 446 g/mol. The summed E-state index contributed by atoms with van der Waals surface area (Å²) in [4.78, 5) is 21.1. The first kappa shape index (κ1) is 20.3. The molecule has 0 bridgehead atoms. The van der Waals surface area contributed by atoms with E-state index >= 15 is 0 Å². The number of fused-ring (bicyclic) bond motifs is 1. The topological polar surface area (TPSA) is 70.8 Å². The van der Waals surface area contributed by atoms with Crippen LogP contribution in [0.4, 0.5) is 17.5 Å². The van der Waals surface area contributed by atoms with Crippen LogP contribution in [-0.2, 0) is 4.74 Å². The fourth-order valence-electron chi connectivity index (χ4n) is 4.97. The van der Waals surface area contributed by atoms with Gasteiger partial charge in [-0.1, -0.05) is 6.07 Å². The van der Waals surface area contributed by atoms with Crippen molar-refractivity contribution in [3.8, 4) is 0 Å². The van der Waals surface area contributed by atoms with Crippen LogP contribution in [-0.4, -0.2) is 41.1 Å². The summed E-state index contributed by atoms with van der Waals surface area (Å²) >= 11 is 0. The number of aromatic nitrogens is 3. The van der Waals surface area contributed by atoms with E-state index in [1.54, 1.807) is 6.26 Å². The molecule has 8 nitrogen and oxygen atoms in total. The summed E-state index contributed by atoms with van der Waals surface area (Å²) in [5, 5.41) is 0. The third-order valence-electron chi connectivity index (χ3n) is 6.79. The minimum atomic E-state index is -0.287. The third kappa shape index (κ3) is 3.87. The van der Waals surface area contributed by atoms with Crippen LogP contribution in [0.2, 0.25) is 0 Å². The zero-order valence-corrected chi connectivity index (χ0v) is 19.1. The number of piperidine rings is 2. The van der Waals surface area contributed by atoms with E-state index in [0.717, 1.165) is 48.9 Å². The first-order chi connectivity index (χ1) is 16.3. The predicted octanol–water partition coefficient (Wildman–Crippen LogP) is 4.91. The van der Waals surface area contributed by atoms with Gasteiger partial charge in [0.05, 0.1) is 5.69 Å². The lowest BCUT2D eigenvalue weighted by Gasteiger charge is -2.32. The summed E-state index contributed by atoms with van der Waals surface area (Å²) in [5.74, 6) is 0.945. The van der Waals surface area contributed by atoms with Crippen molar-refractivity contribution in [3.63, 3.8) is 0 Å². The Kier molecular flexibility index (Phi) is 5.28. The van der Waals surface area contributed by atoms with Gasteiger partial charge in [-0.15, -0.1) is 0 Å². The smallest absolute Gasteiger partial charge is 0.299 e. The first-order valence-electron chi connectivity index (χ1n) is 12.1. The zero-order valence-electron chi connectivity index (χ0n) is 19.1. The van der Waals surface area contributed by atoms with E-state index in [9.17, 15) is 0 Å². The Balaban J connectivity index is 1.42. The number of oxazole rings is 1. The molecule has 3 aliphatic heterocycles. The summed E-state index contributed by atoms with van der Waals surface area (Å²) in [7, 11) is 0. The third-order valence-corrected chi connectivity index (χ3v) is 6.79. The number of nitrogens with zero attached hydrogens (tertiary/aromatic N) is 6. The van der Waals surface area contributed by atoms with Gasteiger partial charge in [0.15, 0.2) is 11.4 Å². The van der Waals surface area contributed by atoms with Crippen LogP contribution >= 0.6 is 0 Å². The second kappa shape index (κ2) is 8.57. The second-order valence-electron chi connectivity index (χ2n) is 9.16. The van der Waals surface area contributed by atoms with E-state index in [1.165, 1.54) is 38.5 Å². The molecule has 6 rings (SSSR count). The molecule has 2 fully saturated rings. The molecule has 172 valence electrons. The Bertz CT molecular complexity index is 1150. The standard InChI is InChI=1S/C25H30N6O2/c1-18-8-9-19(17-26-18)24-31(14-15-32-24)20-16-21-22(27-23(20)29-10-4-2-5-11-29)28-25(33-21)30-12-6-3-7-13-30/h8-9,14-17,24H,2-7,10-13H2,1H3.